The Bertz CT molecular complexity index is 504. The smallest absolute Gasteiger partial charge is 0.222 e. The molecule has 1 aromatic rings. The maximum absolute atomic E-state index is 11.2. The van der Waals surface area contributed by atoms with Crippen LogP contribution in [0.15, 0.2) is 34.5 Å². The second kappa shape index (κ2) is 7.90. The number of amidine groups is 2. The van der Waals surface area contributed by atoms with Gasteiger partial charge in [0.05, 0.1) is 6.61 Å². The highest BCUT2D eigenvalue weighted by molar-refractivity contribution is 5.97. The van der Waals surface area contributed by atoms with Crippen LogP contribution in [0.4, 0.5) is 0 Å². The van der Waals surface area contributed by atoms with Gasteiger partial charge in [0, 0.05) is 18.5 Å². The van der Waals surface area contributed by atoms with Gasteiger partial charge in [0.1, 0.15) is 5.84 Å². The number of aliphatic hydroxyl groups is 1. The number of hydrogen-bond acceptors (Lipinski definition) is 4. The SMILES string of the molecule is C/C(N)=N/N=C(\N)c1ccc(CNC(=O)CCO)cc1. The van der Waals surface area contributed by atoms with Crippen LogP contribution in [-0.2, 0) is 11.3 Å². The number of nitrogens with two attached hydrogens (primary N) is 2. The monoisotopic (exact) mass is 277 g/mol. The molecule has 7 heteroatoms. The summed E-state index contributed by atoms with van der Waals surface area (Å²) in [5.74, 6) is 0.409. The molecule has 1 amide bonds. The van der Waals surface area contributed by atoms with Gasteiger partial charge in [-0.25, -0.2) is 0 Å². The van der Waals surface area contributed by atoms with Crippen LogP contribution in [-0.4, -0.2) is 29.3 Å². The van der Waals surface area contributed by atoms with E-state index in [9.17, 15) is 4.79 Å². The third-order valence-electron chi connectivity index (χ3n) is 2.39. The molecule has 0 saturated carbocycles. The number of hydrogen-bond donors (Lipinski definition) is 4. The van der Waals surface area contributed by atoms with Gasteiger partial charge < -0.3 is 21.9 Å². The molecule has 0 aliphatic rings. The third-order valence-corrected chi connectivity index (χ3v) is 2.39. The zero-order valence-corrected chi connectivity index (χ0v) is 11.3. The summed E-state index contributed by atoms with van der Waals surface area (Å²) in [6.45, 7) is 1.87. The van der Waals surface area contributed by atoms with Crippen molar-refractivity contribution >= 4 is 17.6 Å². The molecule has 6 N–H and O–H groups in total. The summed E-state index contributed by atoms with van der Waals surface area (Å²) in [5.41, 5.74) is 12.8. The van der Waals surface area contributed by atoms with Crippen LogP contribution in [0.5, 0.6) is 0 Å². The highest BCUT2D eigenvalue weighted by Crippen LogP contribution is 2.04. The summed E-state index contributed by atoms with van der Waals surface area (Å²) in [4.78, 5) is 11.2. The Hall–Kier alpha value is -2.41. The molecule has 1 aromatic carbocycles. The lowest BCUT2D eigenvalue weighted by molar-refractivity contribution is -0.121. The number of carbonyl (C=O) groups excluding carboxylic acids is 1. The molecule has 7 nitrogen and oxygen atoms in total. The summed E-state index contributed by atoms with van der Waals surface area (Å²) in [6, 6.07) is 7.23. The van der Waals surface area contributed by atoms with Crippen molar-refractivity contribution in [3.63, 3.8) is 0 Å². The Kier molecular flexibility index (Phi) is 6.18. The van der Waals surface area contributed by atoms with E-state index in [0.717, 1.165) is 11.1 Å². The molecular formula is C13H19N5O2. The predicted molar refractivity (Wildman–Crippen MR) is 78.0 cm³/mol. The molecule has 0 radical (unpaired) electrons. The molecule has 0 spiro atoms. The maximum atomic E-state index is 11.2. The number of rotatable bonds is 6. The number of benzene rings is 1. The van der Waals surface area contributed by atoms with E-state index in [4.69, 9.17) is 16.6 Å². The van der Waals surface area contributed by atoms with Crippen molar-refractivity contribution in [1.82, 2.24) is 5.32 Å². The normalized spacial score (nSPS) is 12.3. The predicted octanol–water partition coefficient (Wildman–Crippen LogP) is -0.317. The fourth-order valence-electron chi connectivity index (χ4n) is 1.37. The number of amides is 1. The lowest BCUT2D eigenvalue weighted by Gasteiger charge is -2.05. The van der Waals surface area contributed by atoms with E-state index in [0.29, 0.717) is 12.4 Å². The Morgan fingerprint density at radius 3 is 2.45 bits per heavy atom. The van der Waals surface area contributed by atoms with Crippen molar-refractivity contribution in [2.45, 2.75) is 19.9 Å². The summed E-state index contributed by atoms with van der Waals surface area (Å²) >= 11 is 0. The van der Waals surface area contributed by atoms with Crippen LogP contribution in [0.25, 0.3) is 0 Å². The lowest BCUT2D eigenvalue weighted by Crippen LogP contribution is -2.23. The Morgan fingerprint density at radius 1 is 1.25 bits per heavy atom. The number of carbonyl (C=O) groups is 1. The van der Waals surface area contributed by atoms with Crippen molar-refractivity contribution in [3.8, 4) is 0 Å². The molecule has 0 aliphatic heterocycles. The van der Waals surface area contributed by atoms with Gasteiger partial charge in [-0.15, -0.1) is 10.2 Å². The van der Waals surface area contributed by atoms with Crippen molar-refractivity contribution in [2.75, 3.05) is 6.61 Å². The molecule has 0 saturated heterocycles. The third kappa shape index (κ3) is 5.49. The van der Waals surface area contributed by atoms with Gasteiger partial charge >= 0.3 is 0 Å². The molecule has 0 atom stereocenters. The summed E-state index contributed by atoms with van der Waals surface area (Å²) in [5, 5.41) is 18.8. The summed E-state index contributed by atoms with van der Waals surface area (Å²) in [6.07, 6.45) is 0.105. The molecule has 1 rings (SSSR count). The molecule has 108 valence electrons. The van der Waals surface area contributed by atoms with Crippen molar-refractivity contribution < 1.29 is 9.90 Å². The fraction of sp³-hybridized carbons (Fsp3) is 0.308. The number of nitrogens with one attached hydrogen (secondary N) is 1. The standard InChI is InChI=1S/C13H19N5O2/c1-9(14)17-18-13(15)11-4-2-10(3-5-11)8-16-12(20)6-7-19/h2-5,19H,6-8H2,1H3,(H2,14,17)(H2,15,18)(H,16,20). The van der Waals surface area contributed by atoms with E-state index in [1.54, 1.807) is 19.1 Å². The first-order valence-electron chi connectivity index (χ1n) is 6.13. The van der Waals surface area contributed by atoms with Gasteiger partial charge in [-0.2, -0.15) is 0 Å². The topological polar surface area (TPSA) is 126 Å². The van der Waals surface area contributed by atoms with Gasteiger partial charge in [0.2, 0.25) is 5.91 Å². The van der Waals surface area contributed by atoms with Gasteiger partial charge in [0.15, 0.2) is 5.84 Å². The molecule has 0 unspecified atom stereocenters. The molecule has 0 aliphatic carbocycles. The van der Waals surface area contributed by atoms with Gasteiger partial charge in [-0.05, 0) is 12.5 Å². The quantitative estimate of drug-likeness (QED) is 0.323. The van der Waals surface area contributed by atoms with Crippen LogP contribution in [0.1, 0.15) is 24.5 Å². The largest absolute Gasteiger partial charge is 0.396 e. The minimum Gasteiger partial charge on any atom is -0.396 e. The average molecular weight is 277 g/mol. The Labute approximate surface area is 117 Å². The van der Waals surface area contributed by atoms with Crippen LogP contribution in [0, 0.1) is 0 Å². The van der Waals surface area contributed by atoms with E-state index < -0.39 is 0 Å². The van der Waals surface area contributed by atoms with Crippen molar-refractivity contribution in [2.24, 2.45) is 21.7 Å². The molecule has 0 bridgehead atoms. The van der Waals surface area contributed by atoms with Crippen LogP contribution in [0.2, 0.25) is 0 Å². The maximum Gasteiger partial charge on any atom is 0.222 e. The minimum absolute atomic E-state index is 0.105. The van der Waals surface area contributed by atoms with Gasteiger partial charge in [-0.1, -0.05) is 24.3 Å². The minimum atomic E-state index is -0.189. The molecule has 0 fully saturated rings. The lowest BCUT2D eigenvalue weighted by atomic mass is 10.1. The second-order valence-corrected chi connectivity index (χ2v) is 4.17. The zero-order chi connectivity index (χ0) is 15.0. The first kappa shape index (κ1) is 15.6. The highest BCUT2D eigenvalue weighted by atomic mass is 16.3. The Balaban J connectivity index is 2.62. The average Bonchev–Trinajstić information content (AvgIpc) is 2.43. The zero-order valence-electron chi connectivity index (χ0n) is 11.3. The number of nitrogens with zero attached hydrogens (tertiary/aromatic N) is 2. The first-order valence-corrected chi connectivity index (χ1v) is 6.13. The van der Waals surface area contributed by atoms with Gasteiger partial charge in [-0.3, -0.25) is 4.79 Å². The molecule has 20 heavy (non-hydrogen) atoms. The van der Waals surface area contributed by atoms with Crippen LogP contribution >= 0.6 is 0 Å². The first-order chi connectivity index (χ1) is 9.52. The van der Waals surface area contributed by atoms with Gasteiger partial charge in [0.25, 0.3) is 0 Å². The summed E-state index contributed by atoms with van der Waals surface area (Å²) in [7, 11) is 0. The van der Waals surface area contributed by atoms with E-state index in [2.05, 4.69) is 15.5 Å². The number of aliphatic hydroxyl groups excluding tert-OH is 1. The Morgan fingerprint density at radius 2 is 1.90 bits per heavy atom. The van der Waals surface area contributed by atoms with E-state index in [1.165, 1.54) is 0 Å². The van der Waals surface area contributed by atoms with E-state index in [-0.39, 0.29) is 24.8 Å². The van der Waals surface area contributed by atoms with Crippen LogP contribution in [0.3, 0.4) is 0 Å². The molecule has 0 heterocycles. The highest BCUT2D eigenvalue weighted by Gasteiger charge is 2.02. The van der Waals surface area contributed by atoms with Crippen molar-refractivity contribution in [1.29, 1.82) is 0 Å². The molecule has 0 aromatic heterocycles. The van der Waals surface area contributed by atoms with E-state index in [1.807, 2.05) is 12.1 Å². The second-order valence-electron chi connectivity index (χ2n) is 4.17. The van der Waals surface area contributed by atoms with Crippen LogP contribution < -0.4 is 16.8 Å². The summed E-state index contributed by atoms with van der Waals surface area (Å²) < 4.78 is 0. The fourth-order valence-corrected chi connectivity index (χ4v) is 1.37. The van der Waals surface area contributed by atoms with Crippen molar-refractivity contribution in [3.05, 3.63) is 35.4 Å². The molecular weight excluding hydrogens is 258 g/mol. The van der Waals surface area contributed by atoms with E-state index >= 15 is 0 Å².